The highest BCUT2D eigenvalue weighted by Crippen LogP contribution is 2.18. The van der Waals surface area contributed by atoms with Gasteiger partial charge in [0.2, 0.25) is 5.91 Å². The quantitative estimate of drug-likeness (QED) is 0.511. The maximum Gasteiger partial charge on any atom is 0.387 e. The number of nitro groups is 1. The molecule has 0 bridgehead atoms. The normalized spacial score (nSPS) is 10.8. The molecule has 0 aliphatic carbocycles. The number of alkyl halides is 2. The number of rotatable bonds is 6. The number of hydrogen-bond donors (Lipinski definition) is 1. The van der Waals surface area contributed by atoms with Crippen LogP contribution in [0.1, 0.15) is 0 Å². The Morgan fingerprint density at radius 1 is 1.25 bits per heavy atom. The lowest BCUT2D eigenvalue weighted by molar-refractivity contribution is -0.384. The zero-order valence-electron chi connectivity index (χ0n) is 14.0. The largest absolute Gasteiger partial charge is 0.435 e. The first-order valence-corrected chi connectivity index (χ1v) is 7.82. The topological polar surface area (TPSA) is 116 Å². The number of benzene rings is 2. The molecule has 0 saturated carbocycles. The van der Waals surface area contributed by atoms with Crippen molar-refractivity contribution in [1.29, 1.82) is 0 Å². The number of halogens is 2. The number of fused-ring (bicyclic) bond motifs is 1. The monoisotopic (exact) mass is 390 g/mol. The van der Waals surface area contributed by atoms with Gasteiger partial charge >= 0.3 is 6.61 Å². The van der Waals surface area contributed by atoms with E-state index in [1.807, 2.05) is 0 Å². The van der Waals surface area contributed by atoms with Crippen LogP contribution in [-0.2, 0) is 11.3 Å². The summed E-state index contributed by atoms with van der Waals surface area (Å²) in [5.41, 5.74) is -0.296. The van der Waals surface area contributed by atoms with Gasteiger partial charge in [0.1, 0.15) is 12.3 Å². The van der Waals surface area contributed by atoms with Gasteiger partial charge in [-0.05, 0) is 30.3 Å². The first-order valence-electron chi connectivity index (χ1n) is 7.82. The van der Waals surface area contributed by atoms with E-state index in [-0.39, 0.29) is 28.9 Å². The average molecular weight is 390 g/mol. The van der Waals surface area contributed by atoms with E-state index >= 15 is 0 Å². The molecule has 0 spiro atoms. The van der Waals surface area contributed by atoms with E-state index < -0.39 is 23.0 Å². The highest BCUT2D eigenvalue weighted by Gasteiger charge is 2.13. The molecule has 2 aromatic carbocycles. The van der Waals surface area contributed by atoms with E-state index in [0.717, 1.165) is 17.0 Å². The van der Waals surface area contributed by atoms with Gasteiger partial charge in [-0.25, -0.2) is 4.98 Å². The summed E-state index contributed by atoms with van der Waals surface area (Å²) in [5, 5.41) is 13.4. The predicted octanol–water partition coefficient (Wildman–Crippen LogP) is 2.54. The fourth-order valence-electron chi connectivity index (χ4n) is 2.45. The van der Waals surface area contributed by atoms with Gasteiger partial charge in [-0.1, -0.05) is 0 Å². The number of ether oxygens (including phenoxy) is 1. The number of aromatic nitrogens is 2. The first-order chi connectivity index (χ1) is 13.3. The highest BCUT2D eigenvalue weighted by atomic mass is 19.3. The Balaban J connectivity index is 1.76. The Labute approximate surface area is 155 Å². The van der Waals surface area contributed by atoms with Gasteiger partial charge in [-0.3, -0.25) is 24.3 Å². The second-order valence-electron chi connectivity index (χ2n) is 5.59. The number of nitrogens with one attached hydrogen (secondary N) is 1. The SMILES string of the molecule is O=C(Cn1cnc2ccc([N+](=O)[O-])cc2c1=O)Nc1ccc(OC(F)F)cc1. The van der Waals surface area contributed by atoms with Crippen LogP contribution in [0.5, 0.6) is 5.75 Å². The number of hydrogen-bond acceptors (Lipinski definition) is 6. The van der Waals surface area contributed by atoms with Crippen LogP contribution in [0, 0.1) is 10.1 Å². The molecule has 0 saturated heterocycles. The third-order valence-electron chi connectivity index (χ3n) is 3.70. The summed E-state index contributed by atoms with van der Waals surface area (Å²) < 4.78 is 29.5. The molecule has 3 rings (SSSR count). The summed E-state index contributed by atoms with van der Waals surface area (Å²) in [7, 11) is 0. The number of nitrogens with zero attached hydrogens (tertiary/aromatic N) is 3. The Bertz CT molecular complexity index is 1100. The lowest BCUT2D eigenvalue weighted by Crippen LogP contribution is -2.27. The summed E-state index contributed by atoms with van der Waals surface area (Å²) in [6.07, 6.45) is 1.16. The van der Waals surface area contributed by atoms with E-state index in [2.05, 4.69) is 15.0 Å². The predicted molar refractivity (Wildman–Crippen MR) is 94.4 cm³/mol. The van der Waals surface area contributed by atoms with E-state index in [4.69, 9.17) is 0 Å². The first kappa shape index (κ1) is 18.9. The van der Waals surface area contributed by atoms with Gasteiger partial charge in [0.05, 0.1) is 22.2 Å². The molecule has 0 radical (unpaired) electrons. The number of carbonyl (C=O) groups excluding carboxylic acids is 1. The van der Waals surface area contributed by atoms with Crippen LogP contribution in [0.3, 0.4) is 0 Å². The fourth-order valence-corrected chi connectivity index (χ4v) is 2.45. The summed E-state index contributed by atoms with van der Waals surface area (Å²) >= 11 is 0. The Morgan fingerprint density at radius 3 is 2.61 bits per heavy atom. The third-order valence-corrected chi connectivity index (χ3v) is 3.70. The van der Waals surface area contributed by atoms with E-state index in [0.29, 0.717) is 5.69 Å². The summed E-state index contributed by atoms with van der Waals surface area (Å²) in [4.78, 5) is 38.9. The molecule has 0 unspecified atom stereocenters. The summed E-state index contributed by atoms with van der Waals surface area (Å²) in [6.45, 7) is -3.34. The van der Waals surface area contributed by atoms with Gasteiger partial charge in [0.15, 0.2) is 0 Å². The van der Waals surface area contributed by atoms with Gasteiger partial charge in [0.25, 0.3) is 11.2 Å². The molecule has 144 valence electrons. The molecule has 11 heteroatoms. The summed E-state index contributed by atoms with van der Waals surface area (Å²) in [6, 6.07) is 8.91. The lowest BCUT2D eigenvalue weighted by Gasteiger charge is -2.09. The smallest absolute Gasteiger partial charge is 0.387 e. The number of carbonyl (C=O) groups is 1. The van der Waals surface area contributed by atoms with Crippen LogP contribution < -0.4 is 15.6 Å². The molecule has 28 heavy (non-hydrogen) atoms. The Morgan fingerprint density at radius 2 is 1.96 bits per heavy atom. The van der Waals surface area contributed by atoms with Crippen molar-refractivity contribution >= 4 is 28.2 Å². The van der Waals surface area contributed by atoms with Crippen LogP contribution in [0.15, 0.2) is 53.6 Å². The minimum atomic E-state index is -2.96. The molecule has 0 fully saturated rings. The maximum absolute atomic E-state index is 12.5. The molecule has 9 nitrogen and oxygen atoms in total. The van der Waals surface area contributed by atoms with Crippen LogP contribution >= 0.6 is 0 Å². The second-order valence-corrected chi connectivity index (χ2v) is 5.59. The highest BCUT2D eigenvalue weighted by molar-refractivity contribution is 5.90. The number of anilines is 1. The van der Waals surface area contributed by atoms with Crippen molar-refractivity contribution in [1.82, 2.24) is 9.55 Å². The van der Waals surface area contributed by atoms with Gasteiger partial charge in [-0.2, -0.15) is 8.78 Å². The van der Waals surface area contributed by atoms with Crippen molar-refractivity contribution in [3.63, 3.8) is 0 Å². The average Bonchev–Trinajstić information content (AvgIpc) is 2.65. The van der Waals surface area contributed by atoms with Crippen LogP contribution in [0.2, 0.25) is 0 Å². The standard InChI is InChI=1S/C17H12F2N4O5/c18-17(19)28-12-4-1-10(2-5-12)21-15(24)8-22-9-20-14-6-3-11(23(26)27)7-13(14)16(22)25/h1-7,9,17H,8H2,(H,21,24). The second kappa shape index (κ2) is 7.78. The summed E-state index contributed by atoms with van der Waals surface area (Å²) in [5.74, 6) is -0.638. The molecule has 1 heterocycles. The maximum atomic E-state index is 12.5. The number of non-ortho nitro benzene ring substituents is 1. The Hall–Kier alpha value is -3.89. The molecule has 1 N–H and O–H groups in total. The minimum absolute atomic E-state index is 0.0120. The van der Waals surface area contributed by atoms with Gasteiger partial charge < -0.3 is 10.1 Å². The lowest BCUT2D eigenvalue weighted by atomic mass is 10.2. The van der Waals surface area contributed by atoms with Gasteiger partial charge in [-0.15, -0.1) is 0 Å². The molecule has 0 aliphatic rings. The van der Waals surface area contributed by atoms with E-state index in [9.17, 15) is 28.5 Å². The van der Waals surface area contributed by atoms with Crippen LogP contribution in [0.25, 0.3) is 10.9 Å². The van der Waals surface area contributed by atoms with Crippen molar-refractivity contribution < 1.29 is 23.2 Å². The third kappa shape index (κ3) is 4.26. The Kier molecular flexibility index (Phi) is 5.25. The minimum Gasteiger partial charge on any atom is -0.435 e. The molecular formula is C17H12F2N4O5. The van der Waals surface area contributed by atoms with Crippen molar-refractivity contribution in [2.24, 2.45) is 0 Å². The number of nitro benzene ring substituents is 1. The molecule has 0 atom stereocenters. The van der Waals surface area contributed by atoms with Gasteiger partial charge in [0, 0.05) is 17.8 Å². The van der Waals surface area contributed by atoms with E-state index in [1.54, 1.807) is 0 Å². The van der Waals surface area contributed by atoms with Crippen molar-refractivity contribution in [3.8, 4) is 5.75 Å². The fraction of sp³-hybridized carbons (Fsp3) is 0.118. The molecule has 1 amide bonds. The van der Waals surface area contributed by atoms with Crippen molar-refractivity contribution in [2.45, 2.75) is 13.2 Å². The van der Waals surface area contributed by atoms with Crippen molar-refractivity contribution in [2.75, 3.05) is 5.32 Å². The molecular weight excluding hydrogens is 378 g/mol. The zero-order chi connectivity index (χ0) is 20.3. The zero-order valence-corrected chi connectivity index (χ0v) is 14.0. The molecule has 0 aliphatic heterocycles. The molecule has 1 aromatic heterocycles. The van der Waals surface area contributed by atoms with Crippen molar-refractivity contribution in [3.05, 3.63) is 69.3 Å². The van der Waals surface area contributed by atoms with Crippen LogP contribution in [0.4, 0.5) is 20.2 Å². The van der Waals surface area contributed by atoms with Crippen LogP contribution in [-0.4, -0.2) is 27.0 Å². The number of amides is 1. The van der Waals surface area contributed by atoms with E-state index in [1.165, 1.54) is 36.4 Å². The molecule has 3 aromatic rings.